The lowest BCUT2D eigenvalue weighted by Crippen LogP contribution is -2.41. The Bertz CT molecular complexity index is 408. The van der Waals surface area contributed by atoms with Crippen LogP contribution in [-0.4, -0.2) is 30.4 Å². The maximum Gasteiger partial charge on any atom is 0.239 e. The van der Waals surface area contributed by atoms with Crippen molar-refractivity contribution in [2.24, 2.45) is 0 Å². The fourth-order valence-electron chi connectivity index (χ4n) is 2.12. The second-order valence-corrected chi connectivity index (χ2v) is 4.43. The van der Waals surface area contributed by atoms with Gasteiger partial charge >= 0.3 is 0 Å². The summed E-state index contributed by atoms with van der Waals surface area (Å²) in [5.41, 5.74) is 0.557. The van der Waals surface area contributed by atoms with E-state index >= 15 is 0 Å². The number of carbonyl (C=O) groups is 1. The summed E-state index contributed by atoms with van der Waals surface area (Å²) in [6.45, 7) is 1.22. The van der Waals surface area contributed by atoms with E-state index in [9.17, 15) is 9.18 Å². The molecular formula is C13H18ClFN2O. The Hall–Kier alpha value is -1.13. The van der Waals surface area contributed by atoms with Crippen LogP contribution in [-0.2, 0) is 11.3 Å². The summed E-state index contributed by atoms with van der Waals surface area (Å²) in [5, 5.41) is 3.15. The summed E-state index contributed by atoms with van der Waals surface area (Å²) in [6, 6.07) is 6.47. The highest BCUT2D eigenvalue weighted by Crippen LogP contribution is 2.12. The predicted octanol–water partition coefficient (Wildman–Crippen LogP) is 1.96. The number of hydrogen-bond acceptors (Lipinski definition) is 2. The molecule has 0 unspecified atom stereocenters. The van der Waals surface area contributed by atoms with Crippen LogP contribution in [0.25, 0.3) is 0 Å². The predicted molar refractivity (Wildman–Crippen MR) is 71.1 cm³/mol. The number of carbonyl (C=O) groups excluding carboxylic acids is 1. The van der Waals surface area contributed by atoms with Gasteiger partial charge < -0.3 is 10.2 Å². The lowest BCUT2D eigenvalue weighted by molar-refractivity contribution is -0.132. The van der Waals surface area contributed by atoms with Crippen LogP contribution in [0.15, 0.2) is 24.3 Å². The van der Waals surface area contributed by atoms with Gasteiger partial charge in [-0.1, -0.05) is 18.2 Å². The fourth-order valence-corrected chi connectivity index (χ4v) is 2.12. The van der Waals surface area contributed by atoms with Gasteiger partial charge in [0.15, 0.2) is 0 Å². The van der Waals surface area contributed by atoms with Gasteiger partial charge in [-0.2, -0.15) is 0 Å². The monoisotopic (exact) mass is 272 g/mol. The van der Waals surface area contributed by atoms with Crippen molar-refractivity contribution in [1.29, 1.82) is 0 Å². The van der Waals surface area contributed by atoms with E-state index in [2.05, 4.69) is 5.32 Å². The van der Waals surface area contributed by atoms with E-state index in [4.69, 9.17) is 0 Å². The van der Waals surface area contributed by atoms with Gasteiger partial charge in [0.05, 0.1) is 6.04 Å². The van der Waals surface area contributed by atoms with Crippen molar-refractivity contribution in [2.75, 3.05) is 13.6 Å². The third-order valence-electron chi connectivity index (χ3n) is 3.10. The summed E-state index contributed by atoms with van der Waals surface area (Å²) < 4.78 is 13.4. The van der Waals surface area contributed by atoms with Crippen LogP contribution in [0.2, 0.25) is 0 Å². The van der Waals surface area contributed by atoms with Crippen LogP contribution in [0, 0.1) is 5.82 Å². The van der Waals surface area contributed by atoms with E-state index in [0.717, 1.165) is 19.4 Å². The molecule has 18 heavy (non-hydrogen) atoms. The minimum absolute atomic E-state index is 0. The first-order valence-electron chi connectivity index (χ1n) is 5.90. The molecule has 0 aliphatic carbocycles. The van der Waals surface area contributed by atoms with E-state index < -0.39 is 0 Å². The van der Waals surface area contributed by atoms with Crippen molar-refractivity contribution in [3.05, 3.63) is 35.6 Å². The molecule has 3 nitrogen and oxygen atoms in total. The molecule has 0 spiro atoms. The smallest absolute Gasteiger partial charge is 0.239 e. The molecule has 1 aromatic rings. The molecule has 0 radical (unpaired) electrons. The fraction of sp³-hybridized carbons (Fsp3) is 0.462. The zero-order chi connectivity index (χ0) is 12.3. The standard InChI is InChI=1S/C13H17FN2O.ClH/c1-16(13(17)12-7-4-8-15-12)9-10-5-2-3-6-11(10)14;/h2-3,5-6,12,15H,4,7-9H2,1H3;1H/t12-;/m0./s1. The van der Waals surface area contributed by atoms with E-state index in [-0.39, 0.29) is 30.2 Å². The van der Waals surface area contributed by atoms with E-state index in [1.54, 1.807) is 30.1 Å². The van der Waals surface area contributed by atoms with Gasteiger partial charge in [0.2, 0.25) is 5.91 Å². The molecular weight excluding hydrogens is 255 g/mol. The maximum atomic E-state index is 13.4. The molecule has 0 bridgehead atoms. The van der Waals surface area contributed by atoms with E-state index in [1.807, 2.05) is 0 Å². The minimum Gasteiger partial charge on any atom is -0.340 e. The van der Waals surface area contributed by atoms with Crippen molar-refractivity contribution < 1.29 is 9.18 Å². The van der Waals surface area contributed by atoms with Crippen LogP contribution in [0.4, 0.5) is 4.39 Å². The Morgan fingerprint density at radius 3 is 2.83 bits per heavy atom. The van der Waals surface area contributed by atoms with Gasteiger partial charge in [-0.25, -0.2) is 4.39 Å². The van der Waals surface area contributed by atoms with Crippen molar-refractivity contribution >= 4 is 18.3 Å². The normalized spacial score (nSPS) is 18.2. The van der Waals surface area contributed by atoms with Crippen LogP contribution in [0.1, 0.15) is 18.4 Å². The quantitative estimate of drug-likeness (QED) is 0.912. The zero-order valence-corrected chi connectivity index (χ0v) is 11.2. The second kappa shape index (κ2) is 6.71. The Morgan fingerprint density at radius 2 is 2.22 bits per heavy atom. The van der Waals surface area contributed by atoms with E-state index in [0.29, 0.717) is 12.1 Å². The molecule has 1 aromatic carbocycles. The van der Waals surface area contributed by atoms with Gasteiger partial charge in [-0.15, -0.1) is 12.4 Å². The number of likely N-dealkylation sites (N-methyl/N-ethyl adjacent to an activating group) is 1. The average Bonchev–Trinajstić information content (AvgIpc) is 2.84. The van der Waals surface area contributed by atoms with Gasteiger partial charge in [-0.05, 0) is 25.5 Å². The lowest BCUT2D eigenvalue weighted by Gasteiger charge is -2.21. The van der Waals surface area contributed by atoms with Crippen molar-refractivity contribution in [2.45, 2.75) is 25.4 Å². The van der Waals surface area contributed by atoms with Crippen molar-refractivity contribution in [3.8, 4) is 0 Å². The molecule has 0 saturated carbocycles. The topological polar surface area (TPSA) is 32.3 Å². The van der Waals surface area contributed by atoms with Gasteiger partial charge in [-0.3, -0.25) is 4.79 Å². The number of nitrogens with one attached hydrogen (secondary N) is 1. The Morgan fingerprint density at radius 1 is 1.50 bits per heavy atom. The molecule has 1 atom stereocenters. The first-order valence-corrected chi connectivity index (χ1v) is 5.90. The van der Waals surface area contributed by atoms with Crippen molar-refractivity contribution in [1.82, 2.24) is 10.2 Å². The third-order valence-corrected chi connectivity index (χ3v) is 3.10. The van der Waals surface area contributed by atoms with Crippen molar-refractivity contribution in [3.63, 3.8) is 0 Å². The number of benzene rings is 1. The Labute approximate surface area is 113 Å². The molecule has 1 aliphatic heterocycles. The summed E-state index contributed by atoms with van der Waals surface area (Å²) in [5.74, 6) is -0.211. The van der Waals surface area contributed by atoms with Crippen LogP contribution < -0.4 is 5.32 Å². The number of nitrogens with zero attached hydrogens (tertiary/aromatic N) is 1. The highest BCUT2D eigenvalue weighted by molar-refractivity contribution is 5.85. The first kappa shape index (κ1) is 14.9. The third kappa shape index (κ3) is 3.43. The summed E-state index contributed by atoms with van der Waals surface area (Å²) in [4.78, 5) is 13.6. The largest absolute Gasteiger partial charge is 0.340 e. The molecule has 2 rings (SSSR count). The number of halogens is 2. The zero-order valence-electron chi connectivity index (χ0n) is 10.4. The molecule has 5 heteroatoms. The molecule has 1 fully saturated rings. The maximum absolute atomic E-state index is 13.4. The molecule has 1 N–H and O–H groups in total. The number of rotatable bonds is 3. The Kier molecular flexibility index (Phi) is 5.56. The summed E-state index contributed by atoms with van der Waals surface area (Å²) >= 11 is 0. The lowest BCUT2D eigenvalue weighted by atomic mass is 10.1. The molecule has 1 amide bonds. The molecule has 0 aromatic heterocycles. The molecule has 1 heterocycles. The average molecular weight is 273 g/mol. The van der Waals surface area contributed by atoms with Gasteiger partial charge in [0.25, 0.3) is 0 Å². The highest BCUT2D eigenvalue weighted by Gasteiger charge is 2.25. The molecule has 1 aliphatic rings. The van der Waals surface area contributed by atoms with Gasteiger partial charge in [0, 0.05) is 19.2 Å². The van der Waals surface area contributed by atoms with Gasteiger partial charge in [0.1, 0.15) is 5.82 Å². The van der Waals surface area contributed by atoms with Crippen LogP contribution in [0.3, 0.4) is 0 Å². The highest BCUT2D eigenvalue weighted by atomic mass is 35.5. The molecule has 100 valence electrons. The van der Waals surface area contributed by atoms with Crippen LogP contribution in [0.5, 0.6) is 0 Å². The Balaban J connectivity index is 0.00000162. The SMILES string of the molecule is CN(Cc1ccccc1F)C(=O)[C@@H]1CCCN1.Cl. The van der Waals surface area contributed by atoms with Crippen LogP contribution >= 0.6 is 12.4 Å². The summed E-state index contributed by atoms with van der Waals surface area (Å²) in [6.07, 6.45) is 1.91. The number of amides is 1. The summed E-state index contributed by atoms with van der Waals surface area (Å²) in [7, 11) is 1.72. The second-order valence-electron chi connectivity index (χ2n) is 4.43. The van der Waals surface area contributed by atoms with E-state index in [1.165, 1.54) is 6.07 Å². The minimum atomic E-state index is -0.258. The number of hydrogen-bond donors (Lipinski definition) is 1. The first-order chi connectivity index (χ1) is 8.18. The molecule has 1 saturated heterocycles.